The van der Waals surface area contributed by atoms with Crippen LogP contribution in [0.3, 0.4) is 0 Å². The van der Waals surface area contributed by atoms with Crippen LogP contribution in [0.2, 0.25) is 0 Å². The summed E-state index contributed by atoms with van der Waals surface area (Å²) < 4.78 is 5.67. The van der Waals surface area contributed by atoms with Crippen molar-refractivity contribution in [3.8, 4) is 5.75 Å². The lowest BCUT2D eigenvalue weighted by Crippen LogP contribution is -2.27. The lowest BCUT2D eigenvalue weighted by atomic mass is 9.93. The largest absolute Gasteiger partial charge is 0.496 e. The van der Waals surface area contributed by atoms with Gasteiger partial charge in [0.1, 0.15) is 5.75 Å². The molecule has 2 N–H and O–H groups in total. The van der Waals surface area contributed by atoms with E-state index in [2.05, 4.69) is 57.2 Å². The smallest absolute Gasteiger partial charge is 0.123 e. The first-order valence-corrected chi connectivity index (χ1v) is 11.1. The predicted octanol–water partition coefficient (Wildman–Crippen LogP) is 5.01. The molecule has 2 aromatic rings. The summed E-state index contributed by atoms with van der Waals surface area (Å²) in [7, 11) is 1.70. The first kappa shape index (κ1) is 21.2. The molecule has 3 atom stereocenters. The molecule has 1 heterocycles. The minimum absolute atomic E-state index is 0.0757. The van der Waals surface area contributed by atoms with E-state index in [0.717, 1.165) is 17.7 Å². The fraction of sp³-hybridized carbons (Fsp3) is 0.500. The fourth-order valence-electron chi connectivity index (χ4n) is 3.91. The number of methoxy groups -OCH3 is 1. The molecule has 0 amide bonds. The molecule has 3 unspecified atom stereocenters. The van der Waals surface area contributed by atoms with Gasteiger partial charge in [0.25, 0.3) is 0 Å². The van der Waals surface area contributed by atoms with Crippen molar-refractivity contribution in [3.63, 3.8) is 0 Å². The van der Waals surface area contributed by atoms with Crippen molar-refractivity contribution in [2.75, 3.05) is 13.7 Å². The summed E-state index contributed by atoms with van der Waals surface area (Å²) in [4.78, 5) is 0. The van der Waals surface area contributed by atoms with Gasteiger partial charge in [0.05, 0.1) is 19.8 Å². The number of aliphatic hydroxyl groups excluding tert-OH is 2. The molecule has 0 spiro atoms. The van der Waals surface area contributed by atoms with Crippen molar-refractivity contribution < 1.29 is 14.9 Å². The highest BCUT2D eigenvalue weighted by Gasteiger charge is 2.31. The molecule has 0 saturated carbocycles. The summed E-state index contributed by atoms with van der Waals surface area (Å²) in [6, 6.07) is 13.2. The molecule has 1 fully saturated rings. The molecule has 1 saturated heterocycles. The number of thioether (sulfide) groups is 1. The van der Waals surface area contributed by atoms with Crippen molar-refractivity contribution in [2.45, 2.75) is 62.6 Å². The number of benzene rings is 2. The van der Waals surface area contributed by atoms with Crippen LogP contribution in [0.1, 0.15) is 65.7 Å². The molecule has 0 aliphatic carbocycles. The van der Waals surface area contributed by atoms with Crippen LogP contribution >= 0.6 is 11.8 Å². The molecule has 1 aliphatic rings. The molecule has 3 rings (SSSR count). The Morgan fingerprint density at radius 3 is 2.46 bits per heavy atom. The Kier molecular flexibility index (Phi) is 7.08. The summed E-state index contributed by atoms with van der Waals surface area (Å²) in [5.41, 5.74) is 6.29. The van der Waals surface area contributed by atoms with E-state index in [0.29, 0.717) is 18.8 Å². The topological polar surface area (TPSA) is 49.7 Å². The highest BCUT2D eigenvalue weighted by molar-refractivity contribution is 8.00. The third-order valence-electron chi connectivity index (χ3n) is 5.66. The van der Waals surface area contributed by atoms with E-state index in [1.165, 1.54) is 22.3 Å². The summed E-state index contributed by atoms with van der Waals surface area (Å²) in [5, 5.41) is 20.1. The van der Waals surface area contributed by atoms with Crippen LogP contribution in [0.25, 0.3) is 0 Å². The van der Waals surface area contributed by atoms with Gasteiger partial charge in [0, 0.05) is 16.1 Å². The third kappa shape index (κ3) is 4.91. The second kappa shape index (κ2) is 9.34. The number of hydrogen-bond acceptors (Lipinski definition) is 4. The van der Waals surface area contributed by atoms with E-state index in [-0.39, 0.29) is 23.2 Å². The van der Waals surface area contributed by atoms with Crippen molar-refractivity contribution in [2.24, 2.45) is 0 Å². The minimum Gasteiger partial charge on any atom is -0.496 e. The molecule has 3 nitrogen and oxygen atoms in total. The van der Waals surface area contributed by atoms with Crippen LogP contribution in [0.15, 0.2) is 36.4 Å². The summed E-state index contributed by atoms with van der Waals surface area (Å²) in [6.07, 6.45) is 1.86. The number of aryl methyl sites for hydroxylation is 1. The monoisotopic (exact) mass is 400 g/mol. The van der Waals surface area contributed by atoms with Crippen molar-refractivity contribution in [1.82, 2.24) is 0 Å². The van der Waals surface area contributed by atoms with E-state index >= 15 is 0 Å². The van der Waals surface area contributed by atoms with Crippen LogP contribution in [-0.2, 0) is 6.42 Å². The van der Waals surface area contributed by atoms with Gasteiger partial charge in [-0.2, -0.15) is 0 Å². The highest BCUT2D eigenvalue weighted by Crippen LogP contribution is 2.46. The standard InChI is InChI=1S/C24H32O3S/c1-15(2)18-7-5-17(6-8-18)10-19-11-22(23(27-4)9-16(19)3)24-13-20(26)12-21(14-25)28-24/h5-9,11,15,20-21,24-26H,10,12-14H2,1-4H3. The zero-order valence-electron chi connectivity index (χ0n) is 17.3. The fourth-order valence-corrected chi connectivity index (χ4v) is 5.46. The van der Waals surface area contributed by atoms with Gasteiger partial charge in [0.15, 0.2) is 0 Å². The second-order valence-corrected chi connectivity index (χ2v) is 9.66. The number of hydrogen-bond donors (Lipinski definition) is 2. The Morgan fingerprint density at radius 1 is 1.14 bits per heavy atom. The van der Waals surface area contributed by atoms with Gasteiger partial charge in [-0.05, 0) is 60.4 Å². The average Bonchev–Trinajstić information content (AvgIpc) is 2.69. The SMILES string of the molecule is COc1cc(C)c(Cc2ccc(C(C)C)cc2)cc1C1CC(O)CC(CO)S1. The van der Waals surface area contributed by atoms with E-state index in [4.69, 9.17) is 4.74 Å². The number of ether oxygens (including phenoxy) is 1. The van der Waals surface area contributed by atoms with Crippen molar-refractivity contribution in [1.29, 1.82) is 0 Å². The highest BCUT2D eigenvalue weighted by atomic mass is 32.2. The molecule has 0 radical (unpaired) electrons. The van der Waals surface area contributed by atoms with Crippen LogP contribution in [0, 0.1) is 6.92 Å². The van der Waals surface area contributed by atoms with Gasteiger partial charge in [-0.15, -0.1) is 11.8 Å². The van der Waals surface area contributed by atoms with Crippen LogP contribution < -0.4 is 4.74 Å². The first-order chi connectivity index (χ1) is 13.4. The van der Waals surface area contributed by atoms with Gasteiger partial charge < -0.3 is 14.9 Å². The van der Waals surface area contributed by atoms with Gasteiger partial charge in [0.2, 0.25) is 0 Å². The van der Waals surface area contributed by atoms with Crippen LogP contribution in [-0.4, -0.2) is 35.3 Å². The van der Waals surface area contributed by atoms with Crippen molar-refractivity contribution in [3.05, 3.63) is 64.2 Å². The zero-order valence-corrected chi connectivity index (χ0v) is 18.1. The predicted molar refractivity (Wildman–Crippen MR) is 118 cm³/mol. The molecular weight excluding hydrogens is 368 g/mol. The summed E-state index contributed by atoms with van der Waals surface area (Å²) in [6.45, 7) is 6.65. The first-order valence-electron chi connectivity index (χ1n) is 10.1. The molecule has 152 valence electrons. The van der Waals surface area contributed by atoms with Gasteiger partial charge in [-0.25, -0.2) is 0 Å². The van der Waals surface area contributed by atoms with Gasteiger partial charge >= 0.3 is 0 Å². The summed E-state index contributed by atoms with van der Waals surface area (Å²) in [5.74, 6) is 1.41. The molecule has 2 aromatic carbocycles. The minimum atomic E-state index is -0.374. The van der Waals surface area contributed by atoms with Crippen LogP contribution in [0.5, 0.6) is 5.75 Å². The Balaban J connectivity index is 1.89. The van der Waals surface area contributed by atoms with Gasteiger partial charge in [-0.3, -0.25) is 0 Å². The second-order valence-electron chi connectivity index (χ2n) is 8.15. The normalized spacial score (nSPS) is 22.5. The van der Waals surface area contributed by atoms with E-state index in [9.17, 15) is 10.2 Å². The Hall–Kier alpha value is -1.49. The summed E-state index contributed by atoms with van der Waals surface area (Å²) >= 11 is 1.75. The Morgan fingerprint density at radius 2 is 1.86 bits per heavy atom. The quantitative estimate of drug-likeness (QED) is 0.716. The molecule has 0 aromatic heterocycles. The maximum absolute atomic E-state index is 10.3. The molecule has 4 heteroatoms. The van der Waals surface area contributed by atoms with E-state index in [1.54, 1.807) is 18.9 Å². The Bertz CT molecular complexity index is 785. The lowest BCUT2D eigenvalue weighted by Gasteiger charge is -2.32. The number of rotatable bonds is 6. The maximum Gasteiger partial charge on any atom is 0.123 e. The molecule has 28 heavy (non-hydrogen) atoms. The van der Waals surface area contributed by atoms with Crippen LogP contribution in [0.4, 0.5) is 0 Å². The molecular formula is C24H32O3S. The van der Waals surface area contributed by atoms with E-state index < -0.39 is 0 Å². The van der Waals surface area contributed by atoms with Gasteiger partial charge in [-0.1, -0.05) is 44.2 Å². The van der Waals surface area contributed by atoms with Crippen molar-refractivity contribution >= 4 is 11.8 Å². The molecule has 1 aliphatic heterocycles. The third-order valence-corrected chi connectivity index (χ3v) is 7.16. The lowest BCUT2D eigenvalue weighted by molar-refractivity contribution is 0.136. The average molecular weight is 401 g/mol. The van der Waals surface area contributed by atoms with E-state index in [1.807, 2.05) is 0 Å². The zero-order chi connectivity index (χ0) is 20.3. The molecule has 0 bridgehead atoms. The maximum atomic E-state index is 10.3. The Labute approximate surface area is 173 Å². The number of aliphatic hydroxyl groups is 2.